The Hall–Kier alpha value is -2.56. The number of anilines is 2. The molecule has 2 aromatic rings. The number of nitrogens with zero attached hydrogens (tertiary/aromatic N) is 4. The maximum absolute atomic E-state index is 5.22. The van der Waals surface area contributed by atoms with Gasteiger partial charge >= 0.3 is 0 Å². The highest BCUT2D eigenvalue weighted by molar-refractivity contribution is 5.73. The van der Waals surface area contributed by atoms with Gasteiger partial charge in [0, 0.05) is 50.3 Å². The van der Waals surface area contributed by atoms with Gasteiger partial charge in [-0.2, -0.15) is 0 Å². The van der Waals surface area contributed by atoms with E-state index in [4.69, 9.17) is 4.74 Å². The Morgan fingerprint density at radius 2 is 1.88 bits per heavy atom. The summed E-state index contributed by atoms with van der Waals surface area (Å²) in [5, 5.41) is 0. The molecular formula is C19H24N4O. The van der Waals surface area contributed by atoms with Gasteiger partial charge in [-0.1, -0.05) is 13.5 Å². The highest BCUT2D eigenvalue weighted by Gasteiger charge is 2.20. The largest absolute Gasteiger partial charge is 0.481 e. The molecule has 0 atom stereocenters. The lowest BCUT2D eigenvalue weighted by Gasteiger charge is -2.38. The minimum Gasteiger partial charge on any atom is -0.481 e. The van der Waals surface area contributed by atoms with Crippen LogP contribution in [0.15, 0.2) is 43.2 Å². The molecule has 5 nitrogen and oxygen atoms in total. The highest BCUT2D eigenvalue weighted by Crippen LogP contribution is 2.28. The first-order valence-electron chi connectivity index (χ1n) is 8.36. The maximum atomic E-state index is 5.22. The molecule has 1 saturated heterocycles. The van der Waals surface area contributed by atoms with E-state index in [1.165, 1.54) is 5.69 Å². The molecule has 0 saturated carbocycles. The van der Waals surface area contributed by atoms with Crippen LogP contribution in [0, 0.1) is 0 Å². The first-order chi connectivity index (χ1) is 11.7. The van der Waals surface area contributed by atoms with Crippen LogP contribution in [0.25, 0.3) is 5.57 Å². The smallest absolute Gasteiger partial charge is 0.214 e. The van der Waals surface area contributed by atoms with Crippen LogP contribution in [-0.2, 0) is 0 Å². The summed E-state index contributed by atoms with van der Waals surface area (Å²) in [6.07, 6.45) is 4.56. The topological polar surface area (TPSA) is 41.5 Å². The van der Waals surface area contributed by atoms with E-state index in [1.54, 1.807) is 13.3 Å². The maximum Gasteiger partial charge on any atom is 0.214 e. The number of allylic oxidation sites excluding steroid dienone is 1. The Balaban J connectivity index is 1.72. The van der Waals surface area contributed by atoms with Gasteiger partial charge in [-0.25, -0.2) is 4.98 Å². The SMILES string of the molecule is C=C(CC)c1ncccc1N1CCN(c2ccnc(OC)c2)CC1. The fraction of sp³-hybridized carbons (Fsp3) is 0.368. The summed E-state index contributed by atoms with van der Waals surface area (Å²) < 4.78 is 5.22. The van der Waals surface area contributed by atoms with E-state index in [-0.39, 0.29) is 0 Å². The van der Waals surface area contributed by atoms with Crippen molar-refractivity contribution < 1.29 is 4.74 Å². The molecule has 1 fully saturated rings. The molecule has 0 amide bonds. The van der Waals surface area contributed by atoms with Gasteiger partial charge in [-0.15, -0.1) is 0 Å². The van der Waals surface area contributed by atoms with Crippen LogP contribution >= 0.6 is 0 Å². The number of piperazine rings is 1. The van der Waals surface area contributed by atoms with Crippen LogP contribution in [0.2, 0.25) is 0 Å². The summed E-state index contributed by atoms with van der Waals surface area (Å²) in [6.45, 7) is 10.1. The van der Waals surface area contributed by atoms with Crippen molar-refractivity contribution in [3.05, 3.63) is 48.9 Å². The van der Waals surface area contributed by atoms with Crippen molar-refractivity contribution in [2.24, 2.45) is 0 Å². The van der Waals surface area contributed by atoms with E-state index in [0.717, 1.165) is 49.6 Å². The molecule has 2 aromatic heterocycles. The fourth-order valence-electron chi connectivity index (χ4n) is 3.00. The van der Waals surface area contributed by atoms with Gasteiger partial charge in [0.05, 0.1) is 18.5 Å². The molecule has 0 radical (unpaired) electrons. The molecule has 5 heteroatoms. The molecule has 0 unspecified atom stereocenters. The molecule has 0 bridgehead atoms. The molecule has 0 aliphatic carbocycles. The second kappa shape index (κ2) is 7.34. The third kappa shape index (κ3) is 3.35. The predicted octanol–water partition coefficient (Wildman–Crippen LogP) is 3.24. The van der Waals surface area contributed by atoms with Crippen molar-refractivity contribution in [3.63, 3.8) is 0 Å². The quantitative estimate of drug-likeness (QED) is 0.844. The molecule has 0 spiro atoms. The molecule has 24 heavy (non-hydrogen) atoms. The lowest BCUT2D eigenvalue weighted by molar-refractivity contribution is 0.398. The summed E-state index contributed by atoms with van der Waals surface area (Å²) in [7, 11) is 1.65. The number of rotatable bonds is 5. The van der Waals surface area contributed by atoms with Gasteiger partial charge in [0.1, 0.15) is 0 Å². The second-order valence-electron chi connectivity index (χ2n) is 5.86. The molecular weight excluding hydrogens is 300 g/mol. The Morgan fingerprint density at radius 1 is 1.12 bits per heavy atom. The zero-order valence-corrected chi connectivity index (χ0v) is 14.4. The normalized spacial score (nSPS) is 14.6. The van der Waals surface area contributed by atoms with Crippen molar-refractivity contribution >= 4 is 16.9 Å². The number of hydrogen-bond donors (Lipinski definition) is 0. The van der Waals surface area contributed by atoms with Gasteiger partial charge in [0.25, 0.3) is 0 Å². The summed E-state index contributed by atoms with van der Waals surface area (Å²) in [5.41, 5.74) is 4.47. The Labute approximate surface area is 143 Å². The zero-order valence-electron chi connectivity index (χ0n) is 14.4. The number of hydrogen-bond acceptors (Lipinski definition) is 5. The predicted molar refractivity (Wildman–Crippen MR) is 98.8 cm³/mol. The molecule has 126 valence electrons. The molecule has 1 aliphatic heterocycles. The molecule has 0 N–H and O–H groups in total. The molecule has 3 heterocycles. The Morgan fingerprint density at radius 3 is 2.58 bits per heavy atom. The number of aromatic nitrogens is 2. The van der Waals surface area contributed by atoms with Gasteiger partial charge in [0.2, 0.25) is 5.88 Å². The van der Waals surface area contributed by atoms with E-state index < -0.39 is 0 Å². The van der Waals surface area contributed by atoms with E-state index in [1.807, 2.05) is 24.4 Å². The van der Waals surface area contributed by atoms with E-state index in [0.29, 0.717) is 5.88 Å². The van der Waals surface area contributed by atoms with Gasteiger partial charge in [-0.3, -0.25) is 4.98 Å². The Bertz CT molecular complexity index is 708. The fourth-order valence-corrected chi connectivity index (χ4v) is 3.00. The average molecular weight is 324 g/mol. The number of pyridine rings is 2. The van der Waals surface area contributed by atoms with Gasteiger partial charge < -0.3 is 14.5 Å². The average Bonchev–Trinajstić information content (AvgIpc) is 2.67. The van der Waals surface area contributed by atoms with E-state index >= 15 is 0 Å². The second-order valence-corrected chi connectivity index (χ2v) is 5.86. The van der Waals surface area contributed by atoms with Gasteiger partial charge in [-0.05, 0) is 30.2 Å². The standard InChI is InChI=1S/C19H24N4O/c1-4-15(2)19-17(6-5-8-21-19)23-12-10-22(11-13-23)16-7-9-20-18(14-16)24-3/h5-9,14H,2,4,10-13H2,1,3H3. The van der Waals surface area contributed by atoms with Crippen molar-refractivity contribution in [3.8, 4) is 5.88 Å². The number of methoxy groups -OCH3 is 1. The van der Waals surface area contributed by atoms with Crippen LogP contribution in [0.3, 0.4) is 0 Å². The summed E-state index contributed by atoms with van der Waals surface area (Å²) in [5.74, 6) is 0.656. The third-order valence-electron chi connectivity index (χ3n) is 4.46. The molecule has 0 aromatic carbocycles. The lowest BCUT2D eigenvalue weighted by atomic mass is 10.1. The van der Waals surface area contributed by atoms with Crippen LogP contribution in [0.4, 0.5) is 11.4 Å². The number of ether oxygens (including phenoxy) is 1. The first kappa shape index (κ1) is 16.3. The van der Waals surface area contributed by atoms with E-state index in [2.05, 4.69) is 39.3 Å². The monoisotopic (exact) mass is 324 g/mol. The minimum absolute atomic E-state index is 0.656. The highest BCUT2D eigenvalue weighted by atomic mass is 16.5. The van der Waals surface area contributed by atoms with Crippen molar-refractivity contribution in [1.29, 1.82) is 0 Å². The summed E-state index contributed by atoms with van der Waals surface area (Å²) >= 11 is 0. The van der Waals surface area contributed by atoms with Gasteiger partial charge in [0.15, 0.2) is 0 Å². The molecule has 3 rings (SSSR count). The van der Waals surface area contributed by atoms with Crippen LogP contribution in [0.5, 0.6) is 5.88 Å². The van der Waals surface area contributed by atoms with Crippen LogP contribution in [-0.4, -0.2) is 43.3 Å². The summed E-state index contributed by atoms with van der Waals surface area (Å²) in [6, 6.07) is 8.17. The first-order valence-corrected chi connectivity index (χ1v) is 8.36. The molecule has 1 aliphatic rings. The minimum atomic E-state index is 0.656. The van der Waals surface area contributed by atoms with Crippen molar-refractivity contribution in [1.82, 2.24) is 9.97 Å². The van der Waals surface area contributed by atoms with Crippen LogP contribution in [0.1, 0.15) is 19.0 Å². The van der Waals surface area contributed by atoms with Crippen molar-refractivity contribution in [2.45, 2.75) is 13.3 Å². The van der Waals surface area contributed by atoms with E-state index in [9.17, 15) is 0 Å². The lowest BCUT2D eigenvalue weighted by Crippen LogP contribution is -2.46. The Kier molecular flexibility index (Phi) is 4.99. The zero-order chi connectivity index (χ0) is 16.9. The third-order valence-corrected chi connectivity index (χ3v) is 4.46. The van der Waals surface area contributed by atoms with Crippen molar-refractivity contribution in [2.75, 3.05) is 43.1 Å². The summed E-state index contributed by atoms with van der Waals surface area (Å²) in [4.78, 5) is 13.5. The van der Waals surface area contributed by atoms with Crippen LogP contribution < -0.4 is 14.5 Å².